The summed E-state index contributed by atoms with van der Waals surface area (Å²) in [5, 5.41) is 13.0. The molecule has 0 atom stereocenters. The van der Waals surface area contributed by atoms with Gasteiger partial charge in [0.25, 0.3) is 0 Å². The Kier molecular flexibility index (Phi) is 5.77. The predicted octanol–water partition coefficient (Wildman–Crippen LogP) is 0.349. The first-order valence-electron chi connectivity index (χ1n) is 3.42. The van der Waals surface area contributed by atoms with E-state index in [0.717, 1.165) is 18.7 Å². The minimum absolute atomic E-state index is 0.765. The fourth-order valence-electron chi connectivity index (χ4n) is 0.598. The van der Waals surface area contributed by atoms with Crippen LogP contribution in [-0.2, 0) is 0 Å². The van der Waals surface area contributed by atoms with Crippen LogP contribution < -0.4 is 10.6 Å². The lowest BCUT2D eigenvalue weighted by molar-refractivity contribution is 0.786. The maximum absolute atomic E-state index is 6.97. The topological polar surface area (TPSA) is 47.9 Å². The molecule has 10 heavy (non-hydrogen) atoms. The van der Waals surface area contributed by atoms with Crippen molar-refractivity contribution in [3.63, 3.8) is 0 Å². The maximum Gasteiger partial charge on any atom is 0.0237 e. The lowest BCUT2D eigenvalue weighted by Crippen LogP contribution is -2.17. The highest BCUT2D eigenvalue weighted by Gasteiger charge is 1.88. The molecular weight excluding hydrogens is 126 g/mol. The number of hydrogen-bond acceptors (Lipinski definition) is 3. The average molecular weight is 141 g/mol. The van der Waals surface area contributed by atoms with E-state index in [0.29, 0.717) is 0 Å². The van der Waals surface area contributed by atoms with Gasteiger partial charge in [0.05, 0.1) is 0 Å². The summed E-state index contributed by atoms with van der Waals surface area (Å²) in [6.45, 7) is 3.75. The Morgan fingerprint density at radius 1 is 1.60 bits per heavy atom. The summed E-state index contributed by atoms with van der Waals surface area (Å²) < 4.78 is 0. The summed E-state index contributed by atoms with van der Waals surface area (Å²) in [6.07, 6.45) is 3.16. The van der Waals surface area contributed by atoms with Crippen LogP contribution >= 0.6 is 0 Å². The number of hydrogen-bond donors (Lipinski definition) is 3. The molecule has 3 N–H and O–H groups in total. The predicted molar refractivity (Wildman–Crippen MR) is 44.5 cm³/mol. The molecule has 3 heteroatoms. The highest BCUT2D eigenvalue weighted by Crippen LogP contribution is 1.82. The van der Waals surface area contributed by atoms with Gasteiger partial charge in [-0.25, -0.2) is 0 Å². The summed E-state index contributed by atoms with van der Waals surface area (Å²) in [5.41, 5.74) is 0.962. The lowest BCUT2D eigenvalue weighted by Gasteiger charge is -2.00. The monoisotopic (exact) mass is 141 g/mol. The van der Waals surface area contributed by atoms with Gasteiger partial charge in [-0.3, -0.25) is 0 Å². The van der Waals surface area contributed by atoms with Gasteiger partial charge in [0.2, 0.25) is 0 Å². The lowest BCUT2D eigenvalue weighted by atomic mass is 10.3. The van der Waals surface area contributed by atoms with Crippen molar-refractivity contribution in [2.45, 2.75) is 6.92 Å². The molecule has 0 aromatic heterocycles. The third kappa shape index (κ3) is 4.09. The number of nitrogens with one attached hydrogen (secondary N) is 3. The van der Waals surface area contributed by atoms with Crippen molar-refractivity contribution >= 4 is 6.21 Å². The Morgan fingerprint density at radius 2 is 2.30 bits per heavy atom. The Balaban J connectivity index is 3.60. The standard InChI is InChI=1S/C7H15N3/c1-3-10-6-7(4-8)5-9-2/h4-5,8-10H,3,6H2,1-2H3/b7-5+,8-4?. The van der Waals surface area contributed by atoms with Gasteiger partial charge < -0.3 is 16.0 Å². The van der Waals surface area contributed by atoms with Crippen LogP contribution in [-0.4, -0.2) is 26.4 Å². The van der Waals surface area contributed by atoms with Crippen molar-refractivity contribution < 1.29 is 0 Å². The van der Waals surface area contributed by atoms with E-state index in [1.807, 2.05) is 20.2 Å². The van der Waals surface area contributed by atoms with Crippen LogP contribution in [0.1, 0.15) is 6.92 Å². The molecule has 0 rings (SSSR count). The largest absolute Gasteiger partial charge is 0.394 e. The zero-order chi connectivity index (χ0) is 7.82. The normalized spacial score (nSPS) is 11.2. The Hall–Kier alpha value is -0.830. The van der Waals surface area contributed by atoms with Crippen LogP contribution in [0, 0.1) is 5.41 Å². The van der Waals surface area contributed by atoms with E-state index in [9.17, 15) is 0 Å². The summed E-state index contributed by atoms with van der Waals surface area (Å²) in [4.78, 5) is 0. The second-order valence-corrected chi connectivity index (χ2v) is 1.93. The number of likely N-dealkylation sites (N-methyl/N-ethyl adjacent to an activating group) is 1. The highest BCUT2D eigenvalue weighted by molar-refractivity contribution is 5.75. The molecule has 0 saturated carbocycles. The minimum atomic E-state index is 0.765. The van der Waals surface area contributed by atoms with E-state index in [-0.39, 0.29) is 0 Å². The highest BCUT2D eigenvalue weighted by atomic mass is 14.9. The summed E-state index contributed by atoms with van der Waals surface area (Å²) in [7, 11) is 1.83. The van der Waals surface area contributed by atoms with Crippen molar-refractivity contribution in [2.24, 2.45) is 0 Å². The van der Waals surface area contributed by atoms with Crippen molar-refractivity contribution in [1.82, 2.24) is 10.6 Å². The van der Waals surface area contributed by atoms with Crippen LogP contribution in [0.2, 0.25) is 0 Å². The first-order valence-corrected chi connectivity index (χ1v) is 3.42. The van der Waals surface area contributed by atoms with E-state index >= 15 is 0 Å². The molecule has 0 aliphatic rings. The van der Waals surface area contributed by atoms with Gasteiger partial charge in [-0.15, -0.1) is 0 Å². The van der Waals surface area contributed by atoms with E-state index in [4.69, 9.17) is 5.41 Å². The van der Waals surface area contributed by atoms with Crippen molar-refractivity contribution in [2.75, 3.05) is 20.1 Å². The number of rotatable bonds is 5. The van der Waals surface area contributed by atoms with Crippen molar-refractivity contribution in [3.05, 3.63) is 11.8 Å². The zero-order valence-corrected chi connectivity index (χ0v) is 6.57. The molecule has 3 nitrogen and oxygen atoms in total. The molecule has 0 spiro atoms. The molecule has 0 unspecified atom stereocenters. The van der Waals surface area contributed by atoms with Gasteiger partial charge in [-0.2, -0.15) is 0 Å². The molecular formula is C7H15N3. The maximum atomic E-state index is 6.97. The smallest absolute Gasteiger partial charge is 0.0237 e. The summed E-state index contributed by atoms with van der Waals surface area (Å²) in [6, 6.07) is 0. The van der Waals surface area contributed by atoms with Crippen LogP contribution in [0.4, 0.5) is 0 Å². The SMILES string of the molecule is CCNC/C(C=N)=C/NC. The van der Waals surface area contributed by atoms with Crippen LogP contribution in [0.15, 0.2) is 11.8 Å². The molecule has 0 radical (unpaired) electrons. The van der Waals surface area contributed by atoms with Gasteiger partial charge in [0.15, 0.2) is 0 Å². The molecule has 0 aromatic carbocycles. The molecule has 0 fully saturated rings. The molecule has 0 saturated heterocycles. The Bertz CT molecular complexity index is 118. The molecule has 0 heterocycles. The third-order valence-corrected chi connectivity index (χ3v) is 1.09. The average Bonchev–Trinajstić information content (AvgIpc) is 1.98. The molecule has 0 aliphatic carbocycles. The molecule has 0 aromatic rings. The third-order valence-electron chi connectivity index (χ3n) is 1.09. The Labute approximate surface area is 62.0 Å². The first kappa shape index (κ1) is 9.17. The van der Waals surface area contributed by atoms with E-state index < -0.39 is 0 Å². The quantitative estimate of drug-likeness (QED) is 0.484. The minimum Gasteiger partial charge on any atom is -0.394 e. The molecule has 58 valence electrons. The van der Waals surface area contributed by atoms with Crippen LogP contribution in [0.3, 0.4) is 0 Å². The van der Waals surface area contributed by atoms with Crippen LogP contribution in [0.5, 0.6) is 0 Å². The van der Waals surface area contributed by atoms with Crippen LogP contribution in [0.25, 0.3) is 0 Å². The van der Waals surface area contributed by atoms with Gasteiger partial charge in [0, 0.05) is 26.0 Å². The van der Waals surface area contributed by atoms with Gasteiger partial charge >= 0.3 is 0 Å². The zero-order valence-electron chi connectivity index (χ0n) is 6.57. The fourth-order valence-corrected chi connectivity index (χ4v) is 0.598. The van der Waals surface area contributed by atoms with Gasteiger partial charge in [-0.1, -0.05) is 6.92 Å². The fraction of sp³-hybridized carbons (Fsp3) is 0.571. The van der Waals surface area contributed by atoms with E-state index in [2.05, 4.69) is 10.6 Å². The first-order chi connectivity index (χ1) is 4.85. The van der Waals surface area contributed by atoms with Crippen molar-refractivity contribution in [1.29, 1.82) is 5.41 Å². The second kappa shape index (κ2) is 6.29. The summed E-state index contributed by atoms with van der Waals surface area (Å²) in [5.74, 6) is 0. The van der Waals surface area contributed by atoms with E-state index in [1.54, 1.807) is 0 Å². The molecule has 0 aliphatic heterocycles. The molecule has 0 amide bonds. The molecule has 0 bridgehead atoms. The van der Waals surface area contributed by atoms with Crippen molar-refractivity contribution in [3.8, 4) is 0 Å². The Morgan fingerprint density at radius 3 is 2.70 bits per heavy atom. The second-order valence-electron chi connectivity index (χ2n) is 1.93. The van der Waals surface area contributed by atoms with E-state index in [1.165, 1.54) is 6.21 Å². The van der Waals surface area contributed by atoms with Gasteiger partial charge in [-0.05, 0) is 12.1 Å². The van der Waals surface area contributed by atoms with Gasteiger partial charge in [0.1, 0.15) is 0 Å². The summed E-state index contributed by atoms with van der Waals surface area (Å²) >= 11 is 0.